The molecule has 0 aromatic heterocycles. The fourth-order valence-electron chi connectivity index (χ4n) is 2.83. The van der Waals surface area contributed by atoms with E-state index >= 15 is 0 Å². The first-order valence-electron chi connectivity index (χ1n) is 9.93. The summed E-state index contributed by atoms with van der Waals surface area (Å²) in [4.78, 5) is 25.1. The number of amides is 1. The van der Waals surface area contributed by atoms with Gasteiger partial charge in [-0.15, -0.1) is 0 Å². The number of anilines is 1. The summed E-state index contributed by atoms with van der Waals surface area (Å²) < 4.78 is 5.24. The summed E-state index contributed by atoms with van der Waals surface area (Å²) in [5, 5.41) is 2.92. The molecule has 1 amide bonds. The number of hydrogen-bond acceptors (Lipinski definition) is 3. The van der Waals surface area contributed by atoms with Gasteiger partial charge >= 0.3 is 5.97 Å². The Balaban J connectivity index is 1.78. The van der Waals surface area contributed by atoms with E-state index in [1.807, 2.05) is 80.6 Å². The van der Waals surface area contributed by atoms with Crippen molar-refractivity contribution in [2.75, 3.05) is 11.9 Å². The zero-order valence-corrected chi connectivity index (χ0v) is 17.2. The average Bonchev–Trinajstić information content (AvgIpc) is 2.77. The molecule has 3 aromatic carbocycles. The third-order valence-corrected chi connectivity index (χ3v) is 4.37. The fourth-order valence-corrected chi connectivity index (χ4v) is 2.83. The van der Waals surface area contributed by atoms with E-state index in [-0.39, 0.29) is 17.8 Å². The zero-order valence-electron chi connectivity index (χ0n) is 17.2. The number of esters is 1. The minimum absolute atomic E-state index is 0.222. The van der Waals surface area contributed by atoms with Gasteiger partial charge in [-0.3, -0.25) is 4.79 Å². The molecule has 3 aromatic rings. The maximum atomic E-state index is 13.0. The number of carbonyl (C=O) groups is 2. The first kappa shape index (κ1) is 21.1. The molecule has 3 rings (SSSR count). The predicted molar refractivity (Wildman–Crippen MR) is 121 cm³/mol. The van der Waals surface area contributed by atoms with Gasteiger partial charge in [0.1, 0.15) is 0 Å². The van der Waals surface area contributed by atoms with E-state index in [1.165, 1.54) is 0 Å². The van der Waals surface area contributed by atoms with Gasteiger partial charge in [-0.25, -0.2) is 4.79 Å². The summed E-state index contributed by atoms with van der Waals surface area (Å²) >= 11 is 0. The van der Waals surface area contributed by atoms with E-state index < -0.39 is 0 Å². The molecule has 0 bridgehead atoms. The zero-order chi connectivity index (χ0) is 21.3. The van der Waals surface area contributed by atoms with Gasteiger partial charge in [0.15, 0.2) is 0 Å². The molecular weight excluding hydrogens is 374 g/mol. The van der Waals surface area contributed by atoms with Crippen molar-refractivity contribution in [2.24, 2.45) is 5.92 Å². The minimum Gasteiger partial charge on any atom is -0.462 e. The second-order valence-electron chi connectivity index (χ2n) is 7.36. The molecule has 0 aliphatic carbocycles. The van der Waals surface area contributed by atoms with Gasteiger partial charge in [0.05, 0.1) is 12.2 Å². The molecule has 0 atom stereocenters. The Hall–Kier alpha value is -3.66. The summed E-state index contributed by atoms with van der Waals surface area (Å²) in [6, 6.07) is 26.0. The van der Waals surface area contributed by atoms with Crippen LogP contribution in [0.1, 0.15) is 35.3 Å². The van der Waals surface area contributed by atoms with Crippen LogP contribution >= 0.6 is 0 Å². The molecule has 0 aliphatic heterocycles. The Bertz CT molecular complexity index is 1010. The van der Waals surface area contributed by atoms with Crippen molar-refractivity contribution in [1.29, 1.82) is 0 Å². The van der Waals surface area contributed by atoms with Crippen LogP contribution in [-0.2, 0) is 9.53 Å². The molecule has 0 spiro atoms. The van der Waals surface area contributed by atoms with Crippen molar-refractivity contribution in [3.05, 3.63) is 102 Å². The van der Waals surface area contributed by atoms with Crippen molar-refractivity contribution < 1.29 is 14.3 Å². The fraction of sp³-hybridized carbons (Fsp3) is 0.154. The Kier molecular flexibility index (Phi) is 7.17. The van der Waals surface area contributed by atoms with Gasteiger partial charge in [0, 0.05) is 11.3 Å². The van der Waals surface area contributed by atoms with Crippen molar-refractivity contribution in [2.45, 2.75) is 13.8 Å². The van der Waals surface area contributed by atoms with Crippen LogP contribution in [0.4, 0.5) is 5.69 Å². The predicted octanol–water partition coefficient (Wildman–Crippen LogP) is 5.68. The Labute approximate surface area is 177 Å². The lowest BCUT2D eigenvalue weighted by Crippen LogP contribution is -2.14. The summed E-state index contributed by atoms with van der Waals surface area (Å²) in [6.07, 6.45) is 1.86. The molecule has 152 valence electrons. The summed E-state index contributed by atoms with van der Waals surface area (Å²) in [6.45, 7) is 4.35. The molecule has 0 saturated carbocycles. The van der Waals surface area contributed by atoms with Crippen molar-refractivity contribution in [3.8, 4) is 0 Å². The maximum absolute atomic E-state index is 13.0. The van der Waals surface area contributed by atoms with Crippen LogP contribution in [0, 0.1) is 5.92 Å². The molecule has 4 nitrogen and oxygen atoms in total. The highest BCUT2D eigenvalue weighted by Crippen LogP contribution is 2.21. The topological polar surface area (TPSA) is 55.4 Å². The van der Waals surface area contributed by atoms with Crippen LogP contribution in [0.5, 0.6) is 0 Å². The van der Waals surface area contributed by atoms with E-state index in [0.717, 1.165) is 11.1 Å². The van der Waals surface area contributed by atoms with E-state index in [9.17, 15) is 9.59 Å². The molecule has 1 N–H and O–H groups in total. The maximum Gasteiger partial charge on any atom is 0.338 e. The van der Waals surface area contributed by atoms with Crippen LogP contribution in [-0.4, -0.2) is 18.5 Å². The van der Waals surface area contributed by atoms with E-state index in [1.54, 1.807) is 24.3 Å². The number of benzene rings is 3. The van der Waals surface area contributed by atoms with Crippen molar-refractivity contribution >= 4 is 29.2 Å². The summed E-state index contributed by atoms with van der Waals surface area (Å²) in [5.74, 6) is -0.309. The molecule has 0 aliphatic rings. The van der Waals surface area contributed by atoms with Gasteiger partial charge in [0.25, 0.3) is 5.91 Å². The second kappa shape index (κ2) is 10.2. The molecule has 0 saturated heterocycles. The lowest BCUT2D eigenvalue weighted by molar-refractivity contribution is -0.111. The number of hydrogen-bond donors (Lipinski definition) is 1. The average molecular weight is 399 g/mol. The highest BCUT2D eigenvalue weighted by molar-refractivity contribution is 6.29. The molecule has 30 heavy (non-hydrogen) atoms. The molecule has 4 heteroatoms. The molecule has 0 unspecified atom stereocenters. The first-order chi connectivity index (χ1) is 14.5. The van der Waals surface area contributed by atoms with E-state index in [0.29, 0.717) is 23.4 Å². The monoisotopic (exact) mass is 399 g/mol. The van der Waals surface area contributed by atoms with Crippen LogP contribution in [0.2, 0.25) is 0 Å². The molecular formula is C26H25NO3. The smallest absolute Gasteiger partial charge is 0.338 e. The molecule has 0 heterocycles. The minimum atomic E-state index is -0.365. The van der Waals surface area contributed by atoms with Gasteiger partial charge in [-0.05, 0) is 47.4 Å². The summed E-state index contributed by atoms with van der Waals surface area (Å²) in [5.41, 5.74) is 3.39. The highest BCUT2D eigenvalue weighted by atomic mass is 16.5. The lowest BCUT2D eigenvalue weighted by atomic mass is 10.0. The van der Waals surface area contributed by atoms with E-state index in [4.69, 9.17) is 4.74 Å². The second-order valence-corrected chi connectivity index (χ2v) is 7.36. The molecule has 0 fully saturated rings. The van der Waals surface area contributed by atoms with Gasteiger partial charge in [-0.1, -0.05) is 74.5 Å². The van der Waals surface area contributed by atoms with Crippen molar-refractivity contribution in [1.82, 2.24) is 0 Å². The quantitative estimate of drug-likeness (QED) is 0.316. The Morgan fingerprint density at radius 1 is 0.833 bits per heavy atom. The Morgan fingerprint density at radius 2 is 1.43 bits per heavy atom. The highest BCUT2D eigenvalue weighted by Gasteiger charge is 2.13. The van der Waals surface area contributed by atoms with Crippen LogP contribution in [0.25, 0.3) is 11.6 Å². The third-order valence-electron chi connectivity index (χ3n) is 4.37. The number of rotatable bonds is 7. The first-order valence-corrected chi connectivity index (χ1v) is 9.93. The van der Waals surface area contributed by atoms with E-state index in [2.05, 4.69) is 5.32 Å². The van der Waals surface area contributed by atoms with Gasteiger partial charge < -0.3 is 10.1 Å². The number of ether oxygens (including phenoxy) is 1. The molecule has 0 radical (unpaired) electrons. The lowest BCUT2D eigenvalue weighted by Gasteiger charge is -2.11. The largest absolute Gasteiger partial charge is 0.462 e. The van der Waals surface area contributed by atoms with Gasteiger partial charge in [0.2, 0.25) is 0 Å². The van der Waals surface area contributed by atoms with Crippen LogP contribution in [0.15, 0.2) is 84.9 Å². The van der Waals surface area contributed by atoms with Crippen molar-refractivity contribution in [3.63, 3.8) is 0 Å². The SMILES string of the molecule is CC(C)COC(=O)c1ccc(NC(=O)/C(=C/c2ccccc2)c2ccccc2)cc1. The normalized spacial score (nSPS) is 11.2. The van der Waals surface area contributed by atoms with Crippen LogP contribution < -0.4 is 5.32 Å². The third kappa shape index (κ3) is 5.92. The number of nitrogens with one attached hydrogen (secondary N) is 1. The Morgan fingerprint density at radius 3 is 2.03 bits per heavy atom. The van der Waals surface area contributed by atoms with Crippen LogP contribution in [0.3, 0.4) is 0 Å². The number of carbonyl (C=O) groups excluding carboxylic acids is 2. The summed E-state index contributed by atoms with van der Waals surface area (Å²) in [7, 11) is 0. The standard InChI is InChI=1S/C26H25NO3/c1-19(2)18-30-26(29)22-13-15-23(16-14-22)27-25(28)24(21-11-7-4-8-12-21)17-20-9-5-3-6-10-20/h3-17,19H,18H2,1-2H3,(H,27,28)/b24-17+. The van der Waals surface area contributed by atoms with Gasteiger partial charge in [-0.2, -0.15) is 0 Å².